The summed E-state index contributed by atoms with van der Waals surface area (Å²) in [6, 6.07) is 5.97. The van der Waals surface area contributed by atoms with E-state index in [-0.39, 0.29) is 23.6 Å². The molecule has 8 heteroatoms. The smallest absolute Gasteiger partial charge is 0.273 e. The Hall–Kier alpha value is -2.74. The van der Waals surface area contributed by atoms with E-state index in [1.54, 1.807) is 18.0 Å². The van der Waals surface area contributed by atoms with Crippen molar-refractivity contribution in [3.63, 3.8) is 0 Å². The average molecular weight is 385 g/mol. The molecule has 2 amide bonds. The van der Waals surface area contributed by atoms with Gasteiger partial charge in [-0.05, 0) is 38.8 Å². The Morgan fingerprint density at radius 1 is 1.25 bits per heavy atom. The van der Waals surface area contributed by atoms with Crippen molar-refractivity contribution in [2.45, 2.75) is 39.3 Å². The van der Waals surface area contributed by atoms with Gasteiger partial charge in [0.05, 0.1) is 25.4 Å². The van der Waals surface area contributed by atoms with E-state index in [1.165, 1.54) is 0 Å². The molecule has 3 rings (SSSR count). The van der Waals surface area contributed by atoms with Crippen LogP contribution in [-0.4, -0.2) is 64.6 Å². The fourth-order valence-corrected chi connectivity index (χ4v) is 3.62. The number of nitrogens with one attached hydrogen (secondary N) is 1. The van der Waals surface area contributed by atoms with Gasteiger partial charge in [-0.15, -0.1) is 5.10 Å². The Morgan fingerprint density at radius 3 is 2.71 bits per heavy atom. The van der Waals surface area contributed by atoms with Gasteiger partial charge in [-0.2, -0.15) is 0 Å². The summed E-state index contributed by atoms with van der Waals surface area (Å²) < 4.78 is 6.56. The van der Waals surface area contributed by atoms with Gasteiger partial charge in [0.25, 0.3) is 11.8 Å². The van der Waals surface area contributed by atoms with Gasteiger partial charge in [0.15, 0.2) is 5.69 Å². The zero-order chi connectivity index (χ0) is 20.1. The normalized spacial score (nSPS) is 16.4. The van der Waals surface area contributed by atoms with Crippen molar-refractivity contribution in [3.8, 4) is 0 Å². The van der Waals surface area contributed by atoms with E-state index in [0.717, 1.165) is 36.1 Å². The number of rotatable bonds is 7. The van der Waals surface area contributed by atoms with Crippen molar-refractivity contribution in [1.29, 1.82) is 0 Å². The molecular weight excluding hydrogens is 358 g/mol. The molecule has 0 unspecified atom stereocenters. The summed E-state index contributed by atoms with van der Waals surface area (Å²) in [7, 11) is 1.58. The summed E-state index contributed by atoms with van der Waals surface area (Å²) in [5.41, 5.74) is 3.15. The summed E-state index contributed by atoms with van der Waals surface area (Å²) in [5, 5.41) is 10.7. The van der Waals surface area contributed by atoms with Crippen LogP contribution in [0.1, 0.15) is 44.8 Å². The summed E-state index contributed by atoms with van der Waals surface area (Å²) in [6.07, 6.45) is 3.49. The monoisotopic (exact) mass is 385 g/mol. The number of hydrogen-bond donors (Lipinski definition) is 1. The van der Waals surface area contributed by atoms with Crippen molar-refractivity contribution in [2.24, 2.45) is 0 Å². The number of likely N-dealkylation sites (tertiary alicyclic amines) is 1. The molecule has 2 aromatic rings. The summed E-state index contributed by atoms with van der Waals surface area (Å²) in [6.45, 7) is 6.12. The second-order valence-electron chi connectivity index (χ2n) is 7.25. The van der Waals surface area contributed by atoms with Gasteiger partial charge in [-0.1, -0.05) is 22.4 Å². The van der Waals surface area contributed by atoms with Crippen LogP contribution in [0.15, 0.2) is 24.4 Å². The van der Waals surface area contributed by atoms with Gasteiger partial charge in [0.1, 0.15) is 0 Å². The molecule has 1 aliphatic heterocycles. The predicted molar refractivity (Wildman–Crippen MR) is 104 cm³/mol. The standard InChI is InChI=1S/C20H27N5O3/c1-14-9-15(2)11-16(10-14)20(27)25-7-4-5-17(25)12-24-13-18(22-23-24)19(26)21-6-8-28-3/h9-11,13,17H,4-8,12H2,1-3H3,(H,21,26)/t17-/m0/s1. The highest BCUT2D eigenvalue weighted by atomic mass is 16.5. The maximum absolute atomic E-state index is 13.0. The second kappa shape index (κ2) is 8.97. The molecule has 1 saturated heterocycles. The van der Waals surface area contributed by atoms with E-state index in [2.05, 4.69) is 21.7 Å². The number of amides is 2. The third kappa shape index (κ3) is 4.75. The first-order chi connectivity index (χ1) is 13.5. The van der Waals surface area contributed by atoms with Gasteiger partial charge < -0.3 is 15.0 Å². The molecular formula is C20H27N5O3. The van der Waals surface area contributed by atoms with Gasteiger partial charge in [-0.3, -0.25) is 9.59 Å². The van der Waals surface area contributed by atoms with Crippen molar-refractivity contribution in [3.05, 3.63) is 46.8 Å². The van der Waals surface area contributed by atoms with E-state index in [9.17, 15) is 9.59 Å². The van der Waals surface area contributed by atoms with E-state index >= 15 is 0 Å². The topological polar surface area (TPSA) is 89.4 Å². The first-order valence-corrected chi connectivity index (χ1v) is 9.54. The van der Waals surface area contributed by atoms with Crippen LogP contribution in [0.25, 0.3) is 0 Å². The Kier molecular flexibility index (Phi) is 6.41. The van der Waals surface area contributed by atoms with Crippen molar-refractivity contribution in [2.75, 3.05) is 26.8 Å². The quantitative estimate of drug-likeness (QED) is 0.731. The lowest BCUT2D eigenvalue weighted by Crippen LogP contribution is -2.38. The second-order valence-corrected chi connectivity index (χ2v) is 7.25. The van der Waals surface area contributed by atoms with Crippen LogP contribution in [0, 0.1) is 13.8 Å². The lowest BCUT2D eigenvalue weighted by Gasteiger charge is -2.25. The number of carbonyl (C=O) groups excluding carboxylic acids is 2. The molecule has 0 aliphatic carbocycles. The van der Waals surface area contributed by atoms with Crippen LogP contribution in [-0.2, 0) is 11.3 Å². The summed E-state index contributed by atoms with van der Waals surface area (Å²) >= 11 is 0. The van der Waals surface area contributed by atoms with Crippen LogP contribution in [0.2, 0.25) is 0 Å². The van der Waals surface area contributed by atoms with Crippen LogP contribution < -0.4 is 5.32 Å². The highest BCUT2D eigenvalue weighted by Gasteiger charge is 2.30. The highest BCUT2D eigenvalue weighted by molar-refractivity contribution is 5.95. The first-order valence-electron chi connectivity index (χ1n) is 9.54. The SMILES string of the molecule is COCCNC(=O)c1cn(C[C@@H]2CCCN2C(=O)c2cc(C)cc(C)c2)nn1. The molecule has 8 nitrogen and oxygen atoms in total. The van der Waals surface area contributed by atoms with E-state index in [0.29, 0.717) is 19.7 Å². The first kappa shape index (κ1) is 20.0. The van der Waals surface area contributed by atoms with Crippen molar-refractivity contribution < 1.29 is 14.3 Å². The molecule has 0 spiro atoms. The molecule has 1 aliphatic rings. The fourth-order valence-electron chi connectivity index (χ4n) is 3.62. The van der Waals surface area contributed by atoms with E-state index in [1.807, 2.05) is 30.9 Å². The number of methoxy groups -OCH3 is 1. The minimum Gasteiger partial charge on any atom is -0.383 e. The number of benzene rings is 1. The zero-order valence-corrected chi connectivity index (χ0v) is 16.6. The molecule has 1 fully saturated rings. The molecule has 1 aromatic carbocycles. The Labute approximate surface area is 164 Å². The molecule has 1 aromatic heterocycles. The average Bonchev–Trinajstić information content (AvgIpc) is 3.30. The Bertz CT molecular complexity index is 828. The molecule has 1 atom stereocenters. The summed E-state index contributed by atoms with van der Waals surface area (Å²) in [5.74, 6) is -0.232. The Balaban J connectivity index is 1.65. The highest BCUT2D eigenvalue weighted by Crippen LogP contribution is 2.22. The molecule has 0 radical (unpaired) electrons. The van der Waals surface area contributed by atoms with Crippen LogP contribution >= 0.6 is 0 Å². The van der Waals surface area contributed by atoms with Crippen LogP contribution in [0.4, 0.5) is 0 Å². The molecule has 150 valence electrons. The molecule has 0 bridgehead atoms. The Morgan fingerprint density at radius 2 is 2.00 bits per heavy atom. The van der Waals surface area contributed by atoms with Crippen LogP contribution in [0.5, 0.6) is 0 Å². The van der Waals surface area contributed by atoms with E-state index < -0.39 is 0 Å². The molecule has 0 saturated carbocycles. The van der Waals surface area contributed by atoms with Gasteiger partial charge in [-0.25, -0.2) is 4.68 Å². The largest absolute Gasteiger partial charge is 0.383 e. The van der Waals surface area contributed by atoms with Gasteiger partial charge in [0.2, 0.25) is 0 Å². The lowest BCUT2D eigenvalue weighted by molar-refractivity contribution is 0.0720. The van der Waals surface area contributed by atoms with Crippen molar-refractivity contribution >= 4 is 11.8 Å². The maximum atomic E-state index is 13.0. The fraction of sp³-hybridized carbons (Fsp3) is 0.500. The van der Waals surface area contributed by atoms with Crippen molar-refractivity contribution in [1.82, 2.24) is 25.2 Å². The lowest BCUT2D eigenvalue weighted by atomic mass is 10.1. The molecule has 28 heavy (non-hydrogen) atoms. The minimum atomic E-state index is -0.280. The van der Waals surface area contributed by atoms with Gasteiger partial charge in [0, 0.05) is 25.8 Å². The number of aromatic nitrogens is 3. The number of aryl methyl sites for hydroxylation is 2. The maximum Gasteiger partial charge on any atom is 0.273 e. The predicted octanol–water partition coefficient (Wildman–Crippen LogP) is 1.58. The number of nitrogens with zero attached hydrogens (tertiary/aromatic N) is 4. The van der Waals surface area contributed by atoms with E-state index in [4.69, 9.17) is 4.74 Å². The zero-order valence-electron chi connectivity index (χ0n) is 16.6. The number of carbonyl (C=O) groups is 2. The third-order valence-electron chi connectivity index (χ3n) is 4.87. The molecule has 2 heterocycles. The van der Waals surface area contributed by atoms with Crippen LogP contribution in [0.3, 0.4) is 0 Å². The summed E-state index contributed by atoms with van der Waals surface area (Å²) in [4.78, 5) is 27.0. The molecule has 1 N–H and O–H groups in total. The minimum absolute atomic E-state index is 0.0411. The third-order valence-corrected chi connectivity index (χ3v) is 4.87. The number of ether oxygens (including phenoxy) is 1. The number of hydrogen-bond acceptors (Lipinski definition) is 5. The van der Waals surface area contributed by atoms with Gasteiger partial charge >= 0.3 is 0 Å².